The number of carbonyl (C=O) groups is 3. The molecule has 1 spiro atoms. The van der Waals surface area contributed by atoms with E-state index in [1.165, 1.54) is 0 Å². The molecule has 3 N–H and O–H groups in total. The first-order chi connectivity index (χ1) is 9.09. The van der Waals surface area contributed by atoms with E-state index in [9.17, 15) is 14.4 Å². The summed E-state index contributed by atoms with van der Waals surface area (Å²) in [6.45, 7) is 1.24. The van der Waals surface area contributed by atoms with Crippen LogP contribution in [-0.2, 0) is 9.59 Å². The quantitative estimate of drug-likeness (QED) is 0.568. The highest BCUT2D eigenvalue weighted by atomic mass is 16.2. The highest BCUT2D eigenvalue weighted by Crippen LogP contribution is 2.24. The largest absolute Gasteiger partial charge is 0.339 e. The lowest BCUT2D eigenvalue weighted by molar-refractivity contribution is -0.135. The van der Waals surface area contributed by atoms with Crippen molar-refractivity contribution in [3.05, 3.63) is 0 Å². The number of nitrogens with one attached hydrogen (secondary N) is 3. The topological polar surface area (TPSA) is 90.5 Å². The molecule has 0 bridgehead atoms. The molecule has 0 radical (unpaired) electrons. The van der Waals surface area contributed by atoms with Gasteiger partial charge in [-0.15, -0.1) is 0 Å². The molecule has 3 rings (SSSR count). The SMILES string of the molecule is O=C1NC(=O)C2(CCCN(C(=O)CNC3CC3)C2)N1. The standard InChI is InChI=1S/C12H18N4O3/c17-9(6-13-8-2-3-8)16-5-1-4-12(7-16)10(18)14-11(19)15-12/h8,13H,1-7H2,(H2,14,15,18,19). The fourth-order valence-corrected chi connectivity index (χ4v) is 2.71. The maximum atomic E-state index is 12.1. The first-order valence-electron chi connectivity index (χ1n) is 6.74. The van der Waals surface area contributed by atoms with Crippen molar-refractivity contribution in [1.82, 2.24) is 20.9 Å². The van der Waals surface area contributed by atoms with Crippen molar-refractivity contribution in [3.63, 3.8) is 0 Å². The van der Waals surface area contributed by atoms with Crippen molar-refractivity contribution in [1.29, 1.82) is 0 Å². The summed E-state index contributed by atoms with van der Waals surface area (Å²) in [4.78, 5) is 36.9. The molecule has 4 amide bonds. The summed E-state index contributed by atoms with van der Waals surface area (Å²) in [5.74, 6) is -0.315. The maximum absolute atomic E-state index is 12.1. The van der Waals surface area contributed by atoms with Gasteiger partial charge in [0.05, 0.1) is 13.1 Å². The molecular weight excluding hydrogens is 248 g/mol. The van der Waals surface area contributed by atoms with E-state index >= 15 is 0 Å². The van der Waals surface area contributed by atoms with Gasteiger partial charge in [-0.1, -0.05) is 0 Å². The first-order valence-corrected chi connectivity index (χ1v) is 6.74. The van der Waals surface area contributed by atoms with Crippen molar-refractivity contribution in [2.24, 2.45) is 0 Å². The van der Waals surface area contributed by atoms with E-state index in [-0.39, 0.29) is 18.4 Å². The highest BCUT2D eigenvalue weighted by Gasteiger charge is 2.49. The monoisotopic (exact) mass is 266 g/mol. The smallest absolute Gasteiger partial charge is 0.322 e. The Kier molecular flexibility index (Phi) is 2.93. The Morgan fingerprint density at radius 3 is 2.84 bits per heavy atom. The van der Waals surface area contributed by atoms with Gasteiger partial charge in [0.1, 0.15) is 5.54 Å². The molecule has 1 atom stereocenters. The Hall–Kier alpha value is -1.63. The third-order valence-electron chi connectivity index (χ3n) is 3.98. The number of urea groups is 1. The second-order valence-corrected chi connectivity index (χ2v) is 5.56. The number of carbonyl (C=O) groups excluding carboxylic acids is 3. The van der Waals surface area contributed by atoms with Crippen molar-refractivity contribution in [2.45, 2.75) is 37.3 Å². The summed E-state index contributed by atoms with van der Waals surface area (Å²) in [5.41, 5.74) is -0.912. The minimum absolute atomic E-state index is 0.0000704. The number of nitrogens with zero attached hydrogens (tertiary/aromatic N) is 1. The molecule has 1 unspecified atom stereocenters. The van der Waals surface area contributed by atoms with Crippen molar-refractivity contribution in [3.8, 4) is 0 Å². The van der Waals surface area contributed by atoms with Gasteiger partial charge in [-0.05, 0) is 25.7 Å². The summed E-state index contributed by atoms with van der Waals surface area (Å²) in [7, 11) is 0. The van der Waals surface area contributed by atoms with Crippen LogP contribution in [0.3, 0.4) is 0 Å². The Balaban J connectivity index is 1.62. The van der Waals surface area contributed by atoms with Gasteiger partial charge in [0, 0.05) is 12.6 Å². The van der Waals surface area contributed by atoms with Crippen LogP contribution < -0.4 is 16.0 Å². The number of likely N-dealkylation sites (tertiary alicyclic amines) is 1. The third kappa shape index (κ3) is 2.42. The molecule has 2 heterocycles. The molecule has 2 saturated heterocycles. The summed E-state index contributed by atoms with van der Waals surface area (Å²) in [5, 5.41) is 8.10. The van der Waals surface area contributed by atoms with Gasteiger partial charge in [-0.25, -0.2) is 4.79 Å². The van der Waals surface area contributed by atoms with Crippen molar-refractivity contribution >= 4 is 17.8 Å². The van der Waals surface area contributed by atoms with Crippen LogP contribution in [0.15, 0.2) is 0 Å². The van der Waals surface area contributed by atoms with Gasteiger partial charge in [0.25, 0.3) is 5.91 Å². The van der Waals surface area contributed by atoms with Crippen LogP contribution >= 0.6 is 0 Å². The number of imide groups is 1. The molecule has 2 aliphatic heterocycles. The maximum Gasteiger partial charge on any atom is 0.322 e. The molecule has 104 valence electrons. The molecule has 0 aromatic carbocycles. The van der Waals surface area contributed by atoms with Crippen LogP contribution in [0.5, 0.6) is 0 Å². The minimum Gasteiger partial charge on any atom is -0.339 e. The molecule has 3 fully saturated rings. The fourth-order valence-electron chi connectivity index (χ4n) is 2.71. The van der Waals surface area contributed by atoms with Gasteiger partial charge < -0.3 is 15.5 Å². The first kappa shape index (κ1) is 12.4. The van der Waals surface area contributed by atoms with E-state index in [0.717, 1.165) is 19.3 Å². The second kappa shape index (κ2) is 4.48. The van der Waals surface area contributed by atoms with Crippen LogP contribution in [0.2, 0.25) is 0 Å². The van der Waals surface area contributed by atoms with Crippen LogP contribution in [-0.4, -0.2) is 54.0 Å². The number of rotatable bonds is 3. The lowest BCUT2D eigenvalue weighted by atomic mass is 9.89. The molecule has 19 heavy (non-hydrogen) atoms. The zero-order valence-electron chi connectivity index (χ0n) is 10.7. The molecule has 0 aromatic rings. The van der Waals surface area contributed by atoms with E-state index in [1.807, 2.05) is 0 Å². The normalized spacial score (nSPS) is 30.4. The zero-order chi connectivity index (χ0) is 13.5. The van der Waals surface area contributed by atoms with Crippen LogP contribution in [0.1, 0.15) is 25.7 Å². The highest BCUT2D eigenvalue weighted by molar-refractivity contribution is 6.07. The molecule has 1 aliphatic carbocycles. The van der Waals surface area contributed by atoms with Crippen LogP contribution in [0.4, 0.5) is 4.79 Å². The van der Waals surface area contributed by atoms with E-state index in [2.05, 4.69) is 16.0 Å². The van der Waals surface area contributed by atoms with Gasteiger partial charge in [-0.2, -0.15) is 0 Å². The van der Waals surface area contributed by atoms with E-state index in [0.29, 0.717) is 25.6 Å². The third-order valence-corrected chi connectivity index (χ3v) is 3.98. The lowest BCUT2D eigenvalue weighted by Gasteiger charge is -2.38. The second-order valence-electron chi connectivity index (χ2n) is 5.56. The van der Waals surface area contributed by atoms with Crippen molar-refractivity contribution in [2.75, 3.05) is 19.6 Å². The summed E-state index contributed by atoms with van der Waals surface area (Å²) in [6.07, 6.45) is 3.58. The predicted octanol–water partition coefficient (Wildman–Crippen LogP) is -1.06. The summed E-state index contributed by atoms with van der Waals surface area (Å²) >= 11 is 0. The average molecular weight is 266 g/mol. The van der Waals surface area contributed by atoms with Gasteiger partial charge >= 0.3 is 6.03 Å². The molecule has 7 heteroatoms. The Bertz CT molecular complexity index is 435. The van der Waals surface area contributed by atoms with Crippen LogP contribution in [0.25, 0.3) is 0 Å². The Labute approximate surface area is 111 Å². The number of amides is 4. The molecule has 7 nitrogen and oxygen atoms in total. The van der Waals surface area contributed by atoms with Gasteiger partial charge in [-0.3, -0.25) is 14.9 Å². The zero-order valence-corrected chi connectivity index (χ0v) is 10.7. The molecule has 0 aromatic heterocycles. The predicted molar refractivity (Wildman–Crippen MR) is 66.2 cm³/mol. The number of piperidine rings is 1. The molecule has 1 saturated carbocycles. The fraction of sp³-hybridized carbons (Fsp3) is 0.750. The molecule has 3 aliphatic rings. The average Bonchev–Trinajstić information content (AvgIpc) is 3.15. The minimum atomic E-state index is -0.912. The lowest BCUT2D eigenvalue weighted by Crippen LogP contribution is -2.60. The Morgan fingerprint density at radius 1 is 1.42 bits per heavy atom. The van der Waals surface area contributed by atoms with Gasteiger partial charge in [0.2, 0.25) is 5.91 Å². The van der Waals surface area contributed by atoms with E-state index < -0.39 is 11.6 Å². The molecular formula is C12H18N4O3. The summed E-state index contributed by atoms with van der Waals surface area (Å²) in [6, 6.07) is 0.0209. The van der Waals surface area contributed by atoms with Gasteiger partial charge in [0.15, 0.2) is 0 Å². The van der Waals surface area contributed by atoms with Crippen molar-refractivity contribution < 1.29 is 14.4 Å². The van der Waals surface area contributed by atoms with Crippen LogP contribution in [0, 0.1) is 0 Å². The number of hydrogen-bond acceptors (Lipinski definition) is 4. The van der Waals surface area contributed by atoms with E-state index in [4.69, 9.17) is 0 Å². The van der Waals surface area contributed by atoms with E-state index in [1.54, 1.807) is 4.90 Å². The number of hydrogen-bond donors (Lipinski definition) is 3. The summed E-state index contributed by atoms with van der Waals surface area (Å²) < 4.78 is 0. The Morgan fingerprint density at radius 2 is 2.21 bits per heavy atom.